The minimum absolute atomic E-state index is 0. The molecule has 0 aromatic heterocycles. The SMILES string of the molecule is [Na+].[O-][Cl+2]([O-])O.[OH-]. The molecule has 6 heavy (non-hydrogen) atoms. The molecule has 6 heteroatoms. The monoisotopic (exact) mass is 124 g/mol. The molecule has 0 atom stereocenters. The van der Waals surface area contributed by atoms with Crippen molar-refractivity contribution in [2.75, 3.05) is 0 Å². The van der Waals surface area contributed by atoms with E-state index in [9.17, 15) is 0 Å². The summed E-state index contributed by atoms with van der Waals surface area (Å²) in [6, 6.07) is 0. The Morgan fingerprint density at radius 2 is 1.33 bits per heavy atom. The maximum atomic E-state index is 8.52. The van der Waals surface area contributed by atoms with Gasteiger partial charge in [-0.15, -0.1) is 0 Å². The van der Waals surface area contributed by atoms with Crippen LogP contribution in [0.15, 0.2) is 0 Å². The zero-order valence-corrected chi connectivity index (χ0v) is 5.84. The van der Waals surface area contributed by atoms with Crippen LogP contribution in [0.5, 0.6) is 0 Å². The average Bonchev–Trinajstić information content (AvgIpc) is 0.811. The first-order valence-corrected chi connectivity index (χ1v) is 1.43. The van der Waals surface area contributed by atoms with Crippen molar-refractivity contribution in [3.8, 4) is 0 Å². The van der Waals surface area contributed by atoms with Crippen molar-refractivity contribution < 1.29 is 59.8 Å². The van der Waals surface area contributed by atoms with E-state index in [1.807, 2.05) is 0 Å². The van der Waals surface area contributed by atoms with Gasteiger partial charge in [0.25, 0.3) is 10.8 Å². The van der Waals surface area contributed by atoms with Crippen molar-refractivity contribution in [3.63, 3.8) is 0 Å². The molecule has 0 aliphatic rings. The van der Waals surface area contributed by atoms with E-state index in [-0.39, 0.29) is 35.0 Å². The van der Waals surface area contributed by atoms with Gasteiger partial charge < -0.3 is 14.8 Å². The van der Waals surface area contributed by atoms with Gasteiger partial charge >= 0.3 is 29.6 Å². The van der Waals surface area contributed by atoms with Gasteiger partial charge in [0.15, 0.2) is 0 Å². The predicted molar refractivity (Wildman–Crippen MR) is 4.15 cm³/mol. The second-order valence-electron chi connectivity index (χ2n) is 0.201. The summed E-state index contributed by atoms with van der Waals surface area (Å²) in [7, 11) is -2.60. The van der Waals surface area contributed by atoms with Crippen LogP contribution in [-0.2, 0) is 0 Å². The predicted octanol–water partition coefficient (Wildman–Crippen LogP) is -6.11. The molecule has 0 aliphatic heterocycles. The summed E-state index contributed by atoms with van der Waals surface area (Å²) in [6.45, 7) is 0. The van der Waals surface area contributed by atoms with Gasteiger partial charge in [-0.25, -0.2) is 0 Å². The summed E-state index contributed by atoms with van der Waals surface area (Å²) < 4.78 is 24.0. The van der Waals surface area contributed by atoms with Gasteiger partial charge in [-0.3, -0.25) is 0 Å². The van der Waals surface area contributed by atoms with Crippen LogP contribution in [0.25, 0.3) is 0 Å². The zero-order chi connectivity index (χ0) is 3.58. The number of halogens is 1. The maximum absolute atomic E-state index is 8.52. The Morgan fingerprint density at radius 1 is 1.33 bits per heavy atom. The summed E-state index contributed by atoms with van der Waals surface area (Å²) in [5.74, 6) is 0. The van der Waals surface area contributed by atoms with Gasteiger partial charge in [-0.2, -0.15) is 0 Å². The van der Waals surface area contributed by atoms with Crippen molar-refractivity contribution in [3.05, 3.63) is 0 Å². The van der Waals surface area contributed by atoms with Crippen LogP contribution < -0.4 is 38.9 Å². The molecule has 0 unspecified atom stereocenters. The third-order valence-electron chi connectivity index (χ3n) is 0. The molecule has 0 heterocycles. The topological polar surface area (TPSA) is 96.3 Å². The molecule has 0 amide bonds. The summed E-state index contributed by atoms with van der Waals surface area (Å²) in [6.07, 6.45) is 0. The van der Waals surface area contributed by atoms with Crippen LogP contribution in [0.3, 0.4) is 0 Å². The van der Waals surface area contributed by atoms with Crippen molar-refractivity contribution in [1.82, 2.24) is 0 Å². The van der Waals surface area contributed by atoms with E-state index in [1.165, 1.54) is 0 Å². The van der Waals surface area contributed by atoms with Crippen LogP contribution in [0.1, 0.15) is 0 Å². The van der Waals surface area contributed by atoms with Gasteiger partial charge in [-0.05, 0) is 0 Å². The number of hydrogen-bond acceptors (Lipinski definition) is 4. The molecule has 0 aromatic rings. The van der Waals surface area contributed by atoms with Crippen LogP contribution in [0, 0.1) is 10.8 Å². The van der Waals surface area contributed by atoms with Crippen molar-refractivity contribution in [2.45, 2.75) is 0 Å². The first-order valence-electron chi connectivity index (χ1n) is 0.478. The molecule has 0 bridgehead atoms. The molecule has 0 spiro atoms. The Morgan fingerprint density at radius 3 is 1.33 bits per heavy atom. The molecular weight excluding hydrogens is 122 g/mol. The molecule has 0 aliphatic carbocycles. The molecule has 0 aromatic carbocycles. The summed E-state index contributed by atoms with van der Waals surface area (Å²) in [5, 5.41) is 0. The van der Waals surface area contributed by atoms with Crippen molar-refractivity contribution >= 4 is 0 Å². The second kappa shape index (κ2) is 9.46. The molecule has 0 rings (SSSR count). The molecule has 0 saturated heterocycles. The maximum Gasteiger partial charge on any atom is 1.00 e. The molecule has 0 fully saturated rings. The molecule has 2 N–H and O–H groups in total. The zero-order valence-electron chi connectivity index (χ0n) is 3.09. The molecular formula is H2ClNaO4. The van der Waals surface area contributed by atoms with E-state index in [0.29, 0.717) is 0 Å². The molecule has 0 radical (unpaired) electrons. The Hall–Kier alpha value is 1.13. The number of rotatable bonds is 0. The third kappa shape index (κ3) is 68.5. The van der Waals surface area contributed by atoms with Gasteiger partial charge in [0, 0.05) is 4.66 Å². The number of hydrogen-bond donors (Lipinski definition) is 1. The van der Waals surface area contributed by atoms with Crippen molar-refractivity contribution in [1.29, 1.82) is 0 Å². The van der Waals surface area contributed by atoms with Gasteiger partial charge in [0.2, 0.25) is 0 Å². The van der Waals surface area contributed by atoms with E-state index < -0.39 is 10.8 Å². The van der Waals surface area contributed by atoms with E-state index in [0.717, 1.165) is 0 Å². The van der Waals surface area contributed by atoms with E-state index in [1.54, 1.807) is 0 Å². The van der Waals surface area contributed by atoms with E-state index in [4.69, 9.17) is 14.0 Å². The minimum atomic E-state index is -2.60. The molecule has 0 saturated carbocycles. The normalized spacial score (nSPS) is 6.00. The minimum Gasteiger partial charge on any atom is -0.870 e. The summed E-state index contributed by atoms with van der Waals surface area (Å²) in [4.78, 5) is 0. The van der Waals surface area contributed by atoms with Crippen LogP contribution in [0.2, 0.25) is 0 Å². The average molecular weight is 124 g/mol. The Bertz CT molecular complexity index is 12.3. The smallest absolute Gasteiger partial charge is 0.870 e. The first-order chi connectivity index (χ1) is 1.73. The Balaban J connectivity index is -0.0000000450. The fourth-order valence-corrected chi connectivity index (χ4v) is 0. The quantitative estimate of drug-likeness (QED) is 0.325. The molecule has 34 valence electrons. The van der Waals surface area contributed by atoms with Crippen molar-refractivity contribution in [2.24, 2.45) is 0 Å². The largest absolute Gasteiger partial charge is 1.00 e. The fourth-order valence-electron chi connectivity index (χ4n) is 0. The fraction of sp³-hybridized carbons (Fsp3) is 0. The standard InChI is InChI=1S/ClHO3.Na.H2O/c2-1(3)4;;/h2H;;1H2/q;+1;/p-1. The third-order valence-corrected chi connectivity index (χ3v) is 0. The van der Waals surface area contributed by atoms with Gasteiger partial charge in [0.05, 0.1) is 0 Å². The van der Waals surface area contributed by atoms with Crippen LogP contribution >= 0.6 is 0 Å². The van der Waals surface area contributed by atoms with Gasteiger partial charge in [-0.1, -0.05) is 0 Å². The Labute approximate surface area is 59.8 Å². The molecule has 4 nitrogen and oxygen atoms in total. The van der Waals surface area contributed by atoms with Gasteiger partial charge in [0.1, 0.15) is 0 Å². The van der Waals surface area contributed by atoms with Crippen LogP contribution in [0.4, 0.5) is 0 Å². The van der Waals surface area contributed by atoms with Crippen LogP contribution in [-0.4, -0.2) is 10.1 Å². The second-order valence-corrected chi connectivity index (χ2v) is 0.603. The van der Waals surface area contributed by atoms with E-state index in [2.05, 4.69) is 0 Å². The summed E-state index contributed by atoms with van der Waals surface area (Å²) in [5.41, 5.74) is 0. The van der Waals surface area contributed by atoms with E-state index >= 15 is 0 Å². The Kier molecular flexibility index (Phi) is 24.8. The first kappa shape index (κ1) is 15.7. The summed E-state index contributed by atoms with van der Waals surface area (Å²) >= 11 is 0.